The molecule has 0 aromatic carbocycles. The van der Waals surface area contributed by atoms with Crippen LogP contribution in [0.5, 0.6) is 0 Å². The van der Waals surface area contributed by atoms with Gasteiger partial charge in [-0.3, -0.25) is 0 Å². The van der Waals surface area contributed by atoms with Gasteiger partial charge in [0.05, 0.1) is 57.5 Å². The van der Waals surface area contributed by atoms with E-state index in [2.05, 4.69) is 150 Å². The lowest BCUT2D eigenvalue weighted by molar-refractivity contribution is 0.323. The van der Waals surface area contributed by atoms with Gasteiger partial charge in [0, 0.05) is 128 Å². The van der Waals surface area contributed by atoms with Gasteiger partial charge in [0.15, 0.2) is 39.7 Å². The van der Waals surface area contributed by atoms with Gasteiger partial charge in [0.2, 0.25) is 0 Å². The summed E-state index contributed by atoms with van der Waals surface area (Å²) in [6, 6.07) is 2.47. The summed E-state index contributed by atoms with van der Waals surface area (Å²) >= 11 is 24.0. The molecule has 5 atom stereocenters. The third kappa shape index (κ3) is 16.8. The molecule has 12 aromatic rings. The third-order valence-corrected chi connectivity index (χ3v) is 26.9. The van der Waals surface area contributed by atoms with E-state index in [4.69, 9.17) is 89.6 Å². The molecule has 19 rings (SSSR count). The van der Waals surface area contributed by atoms with Crippen LogP contribution in [0.4, 0.5) is 58.2 Å². The fourth-order valence-electron chi connectivity index (χ4n) is 15.9. The molecule has 0 unspecified atom stereocenters. The van der Waals surface area contributed by atoms with Crippen molar-refractivity contribution in [1.82, 2.24) is 92.9 Å². The first-order valence-electron chi connectivity index (χ1n) is 38.3. The van der Waals surface area contributed by atoms with Crippen molar-refractivity contribution in [3.8, 4) is 0 Å². The Labute approximate surface area is 700 Å². The van der Waals surface area contributed by atoms with E-state index in [0.29, 0.717) is 81.8 Å². The van der Waals surface area contributed by atoms with Gasteiger partial charge in [0.25, 0.3) is 0 Å². The topological polar surface area (TPSA) is 492 Å². The van der Waals surface area contributed by atoms with Crippen molar-refractivity contribution in [3.05, 3.63) is 109 Å². The number of hydrogen-bond donors (Lipinski definition) is 12. The number of aromatic nitrogens is 18. The molecule has 113 heavy (non-hydrogen) atoms. The van der Waals surface area contributed by atoms with Crippen molar-refractivity contribution in [2.75, 3.05) is 106 Å². The molecule has 40 heteroatoms. The minimum absolute atomic E-state index is 0.173. The average molecular weight is 1890 g/mol. The molecule has 2 aliphatic carbocycles. The van der Waals surface area contributed by atoms with Crippen molar-refractivity contribution in [2.45, 2.75) is 174 Å². The van der Waals surface area contributed by atoms with Crippen LogP contribution in [0.25, 0.3) is 33.9 Å². The van der Waals surface area contributed by atoms with Crippen LogP contribution in [0.2, 0.25) is 5.02 Å². The molecule has 2 bridgehead atoms. The molecule has 17 heterocycles. The first-order valence-corrected chi connectivity index (χ1v) is 42.6. The number of rotatable bonds is 8. The highest BCUT2D eigenvalue weighted by molar-refractivity contribution is 9.11. The number of halogens is 6. The number of nitrogens with zero attached hydrogens (tertiary/aromatic N) is 22. The van der Waals surface area contributed by atoms with Crippen molar-refractivity contribution in [3.63, 3.8) is 0 Å². The molecular formula is C73H100Br5ClN34. The molecule has 0 spiro atoms. The van der Waals surface area contributed by atoms with Gasteiger partial charge in [0.1, 0.15) is 70.8 Å². The zero-order valence-electron chi connectivity index (χ0n) is 64.2. The highest BCUT2D eigenvalue weighted by Gasteiger charge is 2.40. The molecule has 0 radical (unpaired) electrons. The second-order valence-corrected chi connectivity index (χ2v) is 35.4. The Bertz CT molecular complexity index is 5090. The summed E-state index contributed by atoms with van der Waals surface area (Å²) in [5.74, 6) is 8.12. The van der Waals surface area contributed by atoms with Crippen LogP contribution in [0.1, 0.15) is 122 Å². The molecular weight excluding hydrogens is 1790 g/mol. The Kier molecular flexibility index (Phi) is 24.7. The number of piperazine rings is 1. The van der Waals surface area contributed by atoms with E-state index in [0.717, 1.165) is 229 Å². The van der Waals surface area contributed by atoms with E-state index in [9.17, 15) is 0 Å². The summed E-state index contributed by atoms with van der Waals surface area (Å²) in [6.45, 7) is 19.0. The van der Waals surface area contributed by atoms with Gasteiger partial charge in [-0.15, -0.1) is 0 Å². The van der Waals surface area contributed by atoms with Crippen LogP contribution in [0.15, 0.2) is 59.5 Å². The molecule has 34 nitrogen and oxygen atoms in total. The Hall–Kier alpha value is -7.83. The monoisotopic (exact) mass is 1880 g/mol. The van der Waals surface area contributed by atoms with Crippen molar-refractivity contribution in [2.24, 2.45) is 40.5 Å². The van der Waals surface area contributed by atoms with E-state index >= 15 is 0 Å². The Balaban J connectivity index is 0.000000112. The van der Waals surface area contributed by atoms with Crippen LogP contribution in [-0.4, -0.2) is 182 Å². The van der Waals surface area contributed by atoms with Crippen LogP contribution in [0.3, 0.4) is 0 Å². The minimum Gasteiger partial charge on any atom is -0.383 e. The predicted octanol–water partition coefficient (Wildman–Crippen LogP) is 8.47. The number of hydrogen-bond acceptors (Lipinski definition) is 28. The molecule has 12 aromatic heterocycles. The van der Waals surface area contributed by atoms with Crippen LogP contribution in [0, 0.1) is 53.4 Å². The van der Waals surface area contributed by atoms with Gasteiger partial charge in [-0.1, -0.05) is 11.6 Å². The molecule has 23 N–H and O–H groups in total. The van der Waals surface area contributed by atoms with E-state index < -0.39 is 0 Å². The number of anilines is 10. The molecule has 604 valence electrons. The van der Waals surface area contributed by atoms with Crippen LogP contribution >= 0.6 is 91.3 Å². The highest BCUT2D eigenvalue weighted by atomic mass is 79.9. The number of nitrogen functional groups attached to an aromatic ring is 6. The summed E-state index contributed by atoms with van der Waals surface area (Å²) in [5.41, 5.74) is 79.5. The van der Waals surface area contributed by atoms with E-state index in [-0.39, 0.29) is 18.1 Å². The molecule has 2 saturated carbocycles. The lowest BCUT2D eigenvalue weighted by Gasteiger charge is -2.29. The Morgan fingerprint density at radius 2 is 0.655 bits per heavy atom. The fraction of sp³-hybridized carbons (Fsp3) is 0.507. The van der Waals surface area contributed by atoms with E-state index in [1.54, 1.807) is 64.3 Å². The zero-order valence-corrected chi connectivity index (χ0v) is 72.9. The summed E-state index contributed by atoms with van der Waals surface area (Å²) in [6.07, 6.45) is 25.9. The Morgan fingerprint density at radius 1 is 0.363 bits per heavy atom. The summed E-state index contributed by atoms with van der Waals surface area (Å²) in [5, 5.41) is 29.3. The quantitative estimate of drug-likeness (QED) is 0.0678. The van der Waals surface area contributed by atoms with Gasteiger partial charge in [-0.25, -0.2) is 29.9 Å². The highest BCUT2D eigenvalue weighted by Crippen LogP contribution is 2.40. The van der Waals surface area contributed by atoms with Crippen LogP contribution in [-0.2, 0) is 12.8 Å². The molecule has 0 amide bonds. The van der Waals surface area contributed by atoms with Crippen molar-refractivity contribution in [1.29, 1.82) is 0 Å². The number of fused-ring (bicyclic) bond motifs is 8. The summed E-state index contributed by atoms with van der Waals surface area (Å²) in [7, 11) is 0. The number of nitrogens with one attached hydrogen (secondary N) is 1. The summed E-state index contributed by atoms with van der Waals surface area (Å²) < 4.78 is 14.1. The standard InChI is InChI=1S/2C14H20BrN5.C12H15BrN6.2C11H15BrN6.C11H15ClN6/c2*1-8-7-18-20-13(17)12(15)11(19-14(8)20)6-9-2-4-10(16)5-3-9;1-6-3-16-19-10(14)9(13)12(17-11(6)19)18-5-7-2-8(18)4-15-7;3*1-6-4-15-18-9(14)8(12)11(16-10(6)18)17-3-2-7(13)5-17/h2*7,9-10H,2-6,16-17H2,1H3;3,7-8,15H,2,4-5,14H2,1H3;3*4,7H,2-3,5,13-14H2,1H3/t;;7-,8-;3*7-/m..0000/s1. The molecule has 5 saturated heterocycles. The van der Waals surface area contributed by atoms with Gasteiger partial charge in [-0.2, -0.15) is 57.7 Å². The molecule has 7 fully saturated rings. The lowest BCUT2D eigenvalue weighted by atomic mass is 9.84. The second-order valence-electron chi connectivity index (χ2n) is 31.0. The SMILES string of the molecule is Cc1cnn2c(N)c(Br)c(CC3CCC(N)CC3)nc12.Cc1cnn2c(N)c(Br)c(CC3CCC(N)CC3)nc12.Cc1cnn2c(N)c(Br)c(N3CC[C@H](N)C3)nc12.Cc1cnn2c(N)c(Br)c(N3CC[C@H](N)C3)nc12.Cc1cnn2c(N)c(Br)c(N3C[C@@H]4C[C@H]3CN4)nc12.Cc1cnn2c(N)c(Cl)c(N3CC[C@H](N)C3)nc12. The maximum Gasteiger partial charge on any atom is 0.162 e. The smallest absolute Gasteiger partial charge is 0.162 e. The summed E-state index contributed by atoms with van der Waals surface area (Å²) in [4.78, 5) is 36.9. The number of nitrogens with two attached hydrogens (primary N) is 11. The second kappa shape index (κ2) is 34.2. The van der Waals surface area contributed by atoms with E-state index in [1.807, 2.05) is 41.5 Å². The maximum atomic E-state index is 6.28. The molecule has 5 aliphatic heterocycles. The van der Waals surface area contributed by atoms with Gasteiger partial charge >= 0.3 is 0 Å². The first kappa shape index (κ1) is 81.7. The first-order chi connectivity index (χ1) is 54.0. The van der Waals surface area contributed by atoms with Gasteiger partial charge in [-0.05, 0) is 223 Å². The number of aryl methyl sites for hydroxylation is 6. The largest absolute Gasteiger partial charge is 0.383 e. The molecule has 7 aliphatic rings. The fourth-order valence-corrected chi connectivity index (χ4v) is 18.4. The maximum absolute atomic E-state index is 6.28. The van der Waals surface area contributed by atoms with Gasteiger partial charge < -0.3 is 88.0 Å². The Morgan fingerprint density at radius 3 is 0.965 bits per heavy atom. The average Bonchev–Trinajstić information content (AvgIpc) is 1.65. The normalized spacial score (nSPS) is 22.1. The van der Waals surface area contributed by atoms with Crippen molar-refractivity contribution < 1.29 is 0 Å². The van der Waals surface area contributed by atoms with Crippen LogP contribution < -0.4 is 88.0 Å². The third-order valence-electron chi connectivity index (χ3n) is 22.5. The minimum atomic E-state index is 0.173. The van der Waals surface area contributed by atoms with E-state index in [1.165, 1.54) is 32.1 Å². The zero-order chi connectivity index (χ0) is 80.3. The van der Waals surface area contributed by atoms with Crippen molar-refractivity contribution >= 4 is 183 Å². The lowest BCUT2D eigenvalue weighted by Crippen LogP contribution is -2.44. The predicted molar refractivity (Wildman–Crippen MR) is 466 cm³/mol.